The zero-order chi connectivity index (χ0) is 24.5. The van der Waals surface area contributed by atoms with Crippen molar-refractivity contribution >= 4 is 17.5 Å². The first-order valence-electron chi connectivity index (χ1n) is 13.4. The number of carbonyl (C=O) groups is 2. The molecule has 0 aliphatic carbocycles. The summed E-state index contributed by atoms with van der Waals surface area (Å²) in [6.07, 6.45) is 7.87. The van der Waals surface area contributed by atoms with E-state index in [9.17, 15) is 14.7 Å². The zero-order valence-corrected chi connectivity index (χ0v) is 21.2. The molecule has 0 spiro atoms. The summed E-state index contributed by atoms with van der Waals surface area (Å²) in [5.41, 5.74) is 3.94. The Labute approximate surface area is 209 Å². The van der Waals surface area contributed by atoms with Crippen LogP contribution in [0.2, 0.25) is 0 Å². The maximum absolute atomic E-state index is 13.3. The van der Waals surface area contributed by atoms with Gasteiger partial charge in [0.1, 0.15) is 0 Å². The van der Waals surface area contributed by atoms with Crippen molar-refractivity contribution in [1.82, 2.24) is 19.6 Å². The summed E-state index contributed by atoms with van der Waals surface area (Å²) in [4.78, 5) is 33.5. The molecule has 0 radical (unpaired) electrons. The highest BCUT2D eigenvalue weighted by atomic mass is 16.3. The maximum atomic E-state index is 13.3. The van der Waals surface area contributed by atoms with Crippen LogP contribution in [0.3, 0.4) is 0 Å². The van der Waals surface area contributed by atoms with Gasteiger partial charge in [0.05, 0.1) is 24.5 Å². The number of nitrogens with zero attached hydrogens (tertiary/aromatic N) is 4. The molecule has 3 atom stereocenters. The van der Waals surface area contributed by atoms with Gasteiger partial charge in [-0.3, -0.25) is 9.59 Å². The number of benzene rings is 1. The second-order valence-corrected chi connectivity index (χ2v) is 10.9. The molecule has 7 heteroatoms. The predicted molar refractivity (Wildman–Crippen MR) is 136 cm³/mol. The van der Waals surface area contributed by atoms with Crippen molar-refractivity contribution in [3.63, 3.8) is 0 Å². The minimum absolute atomic E-state index is 0.0265. The molecule has 4 heterocycles. The van der Waals surface area contributed by atoms with E-state index in [2.05, 4.69) is 47.3 Å². The predicted octanol–water partition coefficient (Wildman–Crippen LogP) is 3.27. The fraction of sp³-hybridized carbons (Fsp3) is 0.643. The molecule has 190 valence electrons. The van der Waals surface area contributed by atoms with E-state index in [0.29, 0.717) is 19.6 Å². The molecule has 0 aromatic heterocycles. The fourth-order valence-corrected chi connectivity index (χ4v) is 6.70. The third-order valence-corrected chi connectivity index (χ3v) is 8.56. The number of piperidine rings is 1. The van der Waals surface area contributed by atoms with Crippen LogP contribution in [0.4, 0.5) is 0 Å². The molecular formula is C28H40N4O3. The Kier molecular flexibility index (Phi) is 7.05. The largest absolute Gasteiger partial charge is 0.393 e. The standard InChI is InChI=1S/C28H40N4O3/c1-20(33)30-16-12-21(13-17-30)28(35)31-14-6-5-10-24(26(34)11-7-15-31)27-23-9-4-3-8-22(23)25-18-29(2)19-32(25)27/h3-4,8-9,18,21,24,26-27,34H,5-7,10-17,19H2,1-2H3. The SMILES string of the molecule is CC(=O)N1CCC(C(=O)N2CCCCC(C3c4ccccc4C4=CN(C)CN43)C(O)CCC2)CC1. The number of amides is 2. The lowest BCUT2D eigenvalue weighted by molar-refractivity contribution is -0.140. The summed E-state index contributed by atoms with van der Waals surface area (Å²) < 4.78 is 0. The Morgan fingerprint density at radius 1 is 0.914 bits per heavy atom. The van der Waals surface area contributed by atoms with Gasteiger partial charge in [0.25, 0.3) is 0 Å². The van der Waals surface area contributed by atoms with Gasteiger partial charge < -0.3 is 24.7 Å². The first-order chi connectivity index (χ1) is 16.9. The lowest BCUT2D eigenvalue weighted by Gasteiger charge is -2.37. The van der Waals surface area contributed by atoms with Crippen molar-refractivity contribution in [2.75, 3.05) is 39.9 Å². The number of aliphatic hydroxyl groups excluding tert-OH is 1. The van der Waals surface area contributed by atoms with E-state index in [0.717, 1.165) is 58.2 Å². The molecule has 1 N–H and O–H groups in total. The van der Waals surface area contributed by atoms with Crippen LogP contribution < -0.4 is 0 Å². The smallest absolute Gasteiger partial charge is 0.225 e. The van der Waals surface area contributed by atoms with Crippen LogP contribution in [0.5, 0.6) is 0 Å². The van der Waals surface area contributed by atoms with Gasteiger partial charge in [-0.15, -0.1) is 0 Å². The number of carbonyl (C=O) groups excluding carboxylic acids is 2. The number of hydrogen-bond donors (Lipinski definition) is 1. The van der Waals surface area contributed by atoms with Crippen LogP contribution in [0.25, 0.3) is 5.70 Å². The topological polar surface area (TPSA) is 67.3 Å². The van der Waals surface area contributed by atoms with Crippen LogP contribution >= 0.6 is 0 Å². The fourth-order valence-electron chi connectivity index (χ4n) is 6.70. The van der Waals surface area contributed by atoms with E-state index in [1.54, 1.807) is 6.92 Å². The molecule has 1 aromatic rings. The van der Waals surface area contributed by atoms with Gasteiger partial charge in [0, 0.05) is 63.7 Å². The highest BCUT2D eigenvalue weighted by molar-refractivity contribution is 5.79. The van der Waals surface area contributed by atoms with Crippen molar-refractivity contribution in [3.05, 3.63) is 41.6 Å². The quantitative estimate of drug-likeness (QED) is 0.704. The van der Waals surface area contributed by atoms with Gasteiger partial charge in [-0.05, 0) is 44.1 Å². The number of hydrogen-bond acceptors (Lipinski definition) is 5. The molecule has 5 rings (SSSR count). The molecule has 35 heavy (non-hydrogen) atoms. The van der Waals surface area contributed by atoms with E-state index in [-0.39, 0.29) is 35.8 Å². The molecule has 2 amide bonds. The van der Waals surface area contributed by atoms with Gasteiger partial charge in [0.2, 0.25) is 11.8 Å². The average Bonchev–Trinajstić information content (AvgIpc) is 3.37. The van der Waals surface area contributed by atoms with E-state index in [1.807, 2.05) is 9.80 Å². The van der Waals surface area contributed by atoms with Gasteiger partial charge in [0.15, 0.2) is 0 Å². The minimum Gasteiger partial charge on any atom is -0.393 e. The van der Waals surface area contributed by atoms with Crippen LogP contribution in [-0.2, 0) is 9.59 Å². The summed E-state index contributed by atoms with van der Waals surface area (Å²) in [6, 6.07) is 8.89. The van der Waals surface area contributed by atoms with Crippen LogP contribution in [0, 0.1) is 11.8 Å². The van der Waals surface area contributed by atoms with Crippen molar-refractivity contribution in [2.24, 2.45) is 11.8 Å². The first-order valence-corrected chi connectivity index (χ1v) is 13.4. The summed E-state index contributed by atoms with van der Waals surface area (Å²) in [7, 11) is 2.12. The number of aliphatic hydroxyl groups is 1. The van der Waals surface area contributed by atoms with Gasteiger partial charge >= 0.3 is 0 Å². The Balaban J connectivity index is 1.24. The molecule has 1 aromatic carbocycles. The Bertz CT molecular complexity index is 971. The van der Waals surface area contributed by atoms with Crippen LogP contribution in [0.1, 0.15) is 69.0 Å². The summed E-state index contributed by atoms with van der Waals surface area (Å²) in [5.74, 6) is 0.566. The molecule has 2 saturated heterocycles. The molecule has 7 nitrogen and oxygen atoms in total. The van der Waals surface area contributed by atoms with Gasteiger partial charge in [-0.1, -0.05) is 30.7 Å². The highest BCUT2D eigenvalue weighted by Gasteiger charge is 2.43. The Morgan fingerprint density at radius 2 is 1.66 bits per heavy atom. The molecule has 4 aliphatic rings. The number of fused-ring (bicyclic) bond motifs is 3. The maximum Gasteiger partial charge on any atom is 0.225 e. The zero-order valence-electron chi connectivity index (χ0n) is 21.2. The molecule has 4 aliphatic heterocycles. The Hall–Kier alpha value is -2.54. The summed E-state index contributed by atoms with van der Waals surface area (Å²) >= 11 is 0. The molecule has 3 unspecified atom stereocenters. The summed E-state index contributed by atoms with van der Waals surface area (Å²) in [6.45, 7) is 5.36. The number of likely N-dealkylation sites (tertiary alicyclic amines) is 1. The molecule has 0 saturated carbocycles. The minimum atomic E-state index is -0.382. The monoisotopic (exact) mass is 480 g/mol. The van der Waals surface area contributed by atoms with Crippen molar-refractivity contribution < 1.29 is 14.7 Å². The van der Waals surface area contributed by atoms with Gasteiger partial charge in [-0.2, -0.15) is 0 Å². The van der Waals surface area contributed by atoms with Crippen LogP contribution in [0.15, 0.2) is 30.5 Å². The first kappa shape index (κ1) is 24.2. The second-order valence-electron chi connectivity index (χ2n) is 10.9. The van der Waals surface area contributed by atoms with Gasteiger partial charge in [-0.25, -0.2) is 0 Å². The van der Waals surface area contributed by atoms with E-state index < -0.39 is 0 Å². The molecule has 0 bridgehead atoms. The Morgan fingerprint density at radius 3 is 2.43 bits per heavy atom. The van der Waals surface area contributed by atoms with E-state index in [4.69, 9.17) is 0 Å². The molecular weight excluding hydrogens is 440 g/mol. The van der Waals surface area contributed by atoms with E-state index in [1.165, 1.54) is 16.8 Å². The summed E-state index contributed by atoms with van der Waals surface area (Å²) in [5, 5.41) is 11.4. The van der Waals surface area contributed by atoms with Crippen LogP contribution in [-0.4, -0.2) is 82.5 Å². The lowest BCUT2D eigenvalue weighted by Crippen LogP contribution is -2.45. The number of rotatable bonds is 2. The van der Waals surface area contributed by atoms with Crippen molar-refractivity contribution in [3.8, 4) is 0 Å². The third-order valence-electron chi connectivity index (χ3n) is 8.56. The average molecular weight is 481 g/mol. The normalized spacial score (nSPS) is 28.0. The lowest BCUT2D eigenvalue weighted by atomic mass is 9.82. The van der Waals surface area contributed by atoms with Crippen molar-refractivity contribution in [1.29, 1.82) is 0 Å². The molecule has 2 fully saturated rings. The second kappa shape index (κ2) is 10.2. The van der Waals surface area contributed by atoms with Crippen molar-refractivity contribution in [2.45, 2.75) is 64.0 Å². The van der Waals surface area contributed by atoms with E-state index >= 15 is 0 Å². The third kappa shape index (κ3) is 4.80. The highest BCUT2D eigenvalue weighted by Crippen LogP contribution is 2.49.